The minimum Gasteiger partial charge on any atom is -0.329 e. The third-order valence-corrected chi connectivity index (χ3v) is 5.37. The van der Waals surface area contributed by atoms with Crippen LogP contribution in [0, 0.1) is 0 Å². The lowest BCUT2D eigenvalue weighted by Crippen LogP contribution is -2.56. The Bertz CT molecular complexity index is 237. The van der Waals surface area contributed by atoms with E-state index in [0.717, 1.165) is 6.54 Å². The number of rotatable bonds is 6. The summed E-state index contributed by atoms with van der Waals surface area (Å²) >= 11 is 1.95. The predicted octanol–water partition coefficient (Wildman–Crippen LogP) is 1.87. The Kier molecular flexibility index (Phi) is 6.99. The molecule has 1 heterocycles. The van der Waals surface area contributed by atoms with Crippen molar-refractivity contribution in [2.24, 2.45) is 5.73 Å². The van der Waals surface area contributed by atoms with E-state index in [2.05, 4.69) is 37.1 Å². The van der Waals surface area contributed by atoms with E-state index < -0.39 is 0 Å². The van der Waals surface area contributed by atoms with Crippen molar-refractivity contribution in [3.05, 3.63) is 0 Å². The number of likely N-dealkylation sites (tertiary alicyclic amines) is 1. The Morgan fingerprint density at radius 3 is 2.67 bits per heavy atom. The van der Waals surface area contributed by atoms with Crippen molar-refractivity contribution in [2.45, 2.75) is 44.2 Å². The van der Waals surface area contributed by atoms with E-state index in [-0.39, 0.29) is 5.54 Å². The van der Waals surface area contributed by atoms with Crippen molar-refractivity contribution in [1.82, 2.24) is 9.80 Å². The number of nitrogens with two attached hydrogens (primary N) is 1. The lowest BCUT2D eigenvalue weighted by molar-refractivity contribution is 0.0704. The first kappa shape index (κ1) is 16.3. The minimum absolute atomic E-state index is 0.223. The van der Waals surface area contributed by atoms with E-state index in [1.54, 1.807) is 0 Å². The molecule has 3 nitrogen and oxygen atoms in total. The third-order valence-electron chi connectivity index (χ3n) is 4.65. The molecule has 108 valence electrons. The molecule has 0 radical (unpaired) electrons. The molecule has 2 atom stereocenters. The highest BCUT2D eigenvalue weighted by Crippen LogP contribution is 2.30. The first-order chi connectivity index (χ1) is 8.59. The Hall–Kier alpha value is 0.230. The molecule has 0 aliphatic carbocycles. The van der Waals surface area contributed by atoms with Gasteiger partial charge in [0.15, 0.2) is 0 Å². The average Bonchev–Trinajstić information content (AvgIpc) is 2.58. The van der Waals surface area contributed by atoms with E-state index in [0.29, 0.717) is 6.04 Å². The number of hydrogen-bond acceptors (Lipinski definition) is 4. The van der Waals surface area contributed by atoms with Crippen LogP contribution < -0.4 is 5.73 Å². The van der Waals surface area contributed by atoms with Crippen LogP contribution in [0.15, 0.2) is 0 Å². The molecule has 1 aliphatic rings. The first-order valence-corrected chi connectivity index (χ1v) is 8.59. The zero-order valence-corrected chi connectivity index (χ0v) is 13.4. The topological polar surface area (TPSA) is 32.5 Å². The van der Waals surface area contributed by atoms with Crippen molar-refractivity contribution in [2.75, 3.05) is 45.7 Å². The van der Waals surface area contributed by atoms with Crippen LogP contribution >= 0.6 is 11.8 Å². The second-order valence-corrected chi connectivity index (χ2v) is 6.62. The molecule has 4 heteroatoms. The minimum atomic E-state index is 0.223. The molecule has 0 bridgehead atoms. The number of hydrogen-bond donors (Lipinski definition) is 1. The maximum absolute atomic E-state index is 6.18. The second kappa shape index (κ2) is 7.73. The predicted molar refractivity (Wildman–Crippen MR) is 83.4 cm³/mol. The SMILES string of the molecule is CCC(CSC)N(C)C1(CN)CCCN(C)CC1. The zero-order chi connectivity index (χ0) is 13.6. The highest BCUT2D eigenvalue weighted by molar-refractivity contribution is 7.98. The average molecular weight is 273 g/mol. The van der Waals surface area contributed by atoms with Gasteiger partial charge in [0.2, 0.25) is 0 Å². The molecule has 0 saturated carbocycles. The van der Waals surface area contributed by atoms with Crippen molar-refractivity contribution < 1.29 is 0 Å². The van der Waals surface area contributed by atoms with E-state index >= 15 is 0 Å². The van der Waals surface area contributed by atoms with E-state index in [1.807, 2.05) is 11.8 Å². The number of likely N-dealkylation sites (N-methyl/N-ethyl adjacent to an activating group) is 1. The van der Waals surface area contributed by atoms with E-state index in [9.17, 15) is 0 Å². The van der Waals surface area contributed by atoms with Crippen molar-refractivity contribution in [1.29, 1.82) is 0 Å². The molecular formula is C14H31N3S. The van der Waals surface area contributed by atoms with Gasteiger partial charge in [-0.2, -0.15) is 11.8 Å². The molecule has 2 unspecified atom stereocenters. The highest BCUT2D eigenvalue weighted by atomic mass is 32.2. The summed E-state index contributed by atoms with van der Waals surface area (Å²) in [6.07, 6.45) is 7.14. The summed E-state index contributed by atoms with van der Waals surface area (Å²) in [7, 11) is 4.52. The van der Waals surface area contributed by atoms with E-state index in [4.69, 9.17) is 5.73 Å². The molecule has 0 spiro atoms. The standard InChI is InChI=1S/C14H31N3S/c1-5-13(11-18-4)17(3)14(12-15)7-6-9-16(2)10-8-14/h13H,5-12,15H2,1-4H3. The van der Waals surface area contributed by atoms with Crippen LogP contribution in [0.25, 0.3) is 0 Å². The van der Waals surface area contributed by atoms with Crippen LogP contribution in [0.2, 0.25) is 0 Å². The van der Waals surface area contributed by atoms with Gasteiger partial charge in [-0.3, -0.25) is 4.90 Å². The van der Waals surface area contributed by atoms with Gasteiger partial charge in [-0.1, -0.05) is 6.92 Å². The smallest absolute Gasteiger partial charge is 0.0344 e. The lowest BCUT2D eigenvalue weighted by Gasteiger charge is -2.45. The first-order valence-electron chi connectivity index (χ1n) is 7.20. The maximum Gasteiger partial charge on any atom is 0.0344 e. The Balaban J connectivity index is 2.77. The Morgan fingerprint density at radius 1 is 1.39 bits per heavy atom. The fourth-order valence-corrected chi connectivity index (χ4v) is 3.94. The molecule has 2 N–H and O–H groups in total. The van der Waals surface area contributed by atoms with Gasteiger partial charge in [0.1, 0.15) is 0 Å². The summed E-state index contributed by atoms with van der Waals surface area (Å²) in [4.78, 5) is 5.05. The van der Waals surface area contributed by atoms with Crippen molar-refractivity contribution in [3.63, 3.8) is 0 Å². The summed E-state index contributed by atoms with van der Waals surface area (Å²) in [6, 6.07) is 0.659. The highest BCUT2D eigenvalue weighted by Gasteiger charge is 2.37. The lowest BCUT2D eigenvalue weighted by atomic mass is 9.87. The van der Waals surface area contributed by atoms with Crippen LogP contribution in [0.5, 0.6) is 0 Å². The summed E-state index contributed by atoms with van der Waals surface area (Å²) < 4.78 is 0. The molecule has 1 aliphatic heterocycles. The van der Waals surface area contributed by atoms with Gasteiger partial charge in [0.05, 0.1) is 0 Å². The molecule has 1 saturated heterocycles. The molecule has 0 aromatic heterocycles. The summed E-state index contributed by atoms with van der Waals surface area (Å²) in [5.41, 5.74) is 6.40. The van der Waals surface area contributed by atoms with Gasteiger partial charge in [-0.05, 0) is 59.1 Å². The molecule has 0 aromatic rings. The summed E-state index contributed by atoms with van der Waals surface area (Å²) in [5, 5.41) is 0. The van der Waals surface area contributed by atoms with Crippen LogP contribution in [0.4, 0.5) is 0 Å². The largest absolute Gasteiger partial charge is 0.329 e. The quantitative estimate of drug-likeness (QED) is 0.801. The van der Waals surface area contributed by atoms with Crippen molar-refractivity contribution in [3.8, 4) is 0 Å². The van der Waals surface area contributed by atoms with Gasteiger partial charge in [0.25, 0.3) is 0 Å². The Morgan fingerprint density at radius 2 is 2.11 bits per heavy atom. The van der Waals surface area contributed by atoms with Gasteiger partial charge in [-0.25, -0.2) is 0 Å². The fourth-order valence-electron chi connectivity index (χ4n) is 3.10. The van der Waals surface area contributed by atoms with Crippen LogP contribution in [-0.4, -0.2) is 67.1 Å². The van der Waals surface area contributed by atoms with Gasteiger partial charge in [0, 0.05) is 23.9 Å². The molecule has 18 heavy (non-hydrogen) atoms. The van der Waals surface area contributed by atoms with Gasteiger partial charge < -0.3 is 10.6 Å². The van der Waals surface area contributed by atoms with E-state index in [1.165, 1.54) is 44.5 Å². The van der Waals surface area contributed by atoms with Crippen molar-refractivity contribution >= 4 is 11.8 Å². The number of thioether (sulfide) groups is 1. The molecule has 0 amide bonds. The number of nitrogens with zero attached hydrogens (tertiary/aromatic N) is 2. The third kappa shape index (κ3) is 3.86. The van der Waals surface area contributed by atoms with Gasteiger partial charge in [-0.15, -0.1) is 0 Å². The normalized spacial score (nSPS) is 28.3. The summed E-state index contributed by atoms with van der Waals surface area (Å²) in [5.74, 6) is 1.21. The fraction of sp³-hybridized carbons (Fsp3) is 1.00. The molecular weight excluding hydrogens is 242 g/mol. The molecule has 1 fully saturated rings. The second-order valence-electron chi connectivity index (χ2n) is 5.71. The molecule has 0 aromatic carbocycles. The Labute approximate surface area is 117 Å². The molecule has 1 rings (SSSR count). The van der Waals surface area contributed by atoms with Crippen LogP contribution in [-0.2, 0) is 0 Å². The van der Waals surface area contributed by atoms with Gasteiger partial charge >= 0.3 is 0 Å². The maximum atomic E-state index is 6.18. The van der Waals surface area contributed by atoms with Crippen LogP contribution in [0.3, 0.4) is 0 Å². The monoisotopic (exact) mass is 273 g/mol. The zero-order valence-electron chi connectivity index (χ0n) is 12.6. The van der Waals surface area contributed by atoms with Crippen LogP contribution in [0.1, 0.15) is 32.6 Å². The summed E-state index contributed by atoms with van der Waals surface area (Å²) in [6.45, 7) is 5.48.